The zero-order chi connectivity index (χ0) is 22.7. The number of hydrogen-bond acceptors (Lipinski definition) is 8. The van der Waals surface area contributed by atoms with E-state index in [1.807, 2.05) is 34.1 Å². The van der Waals surface area contributed by atoms with Crippen LogP contribution in [-0.4, -0.2) is 62.5 Å². The van der Waals surface area contributed by atoms with Crippen molar-refractivity contribution in [2.75, 3.05) is 17.7 Å². The molecule has 4 aromatic rings. The molecule has 1 aliphatic heterocycles. The molecule has 0 saturated heterocycles. The first-order chi connectivity index (χ1) is 16.0. The summed E-state index contributed by atoms with van der Waals surface area (Å²) in [5.74, 6) is 1.07. The predicted octanol–water partition coefficient (Wildman–Crippen LogP) is 1.11. The molecule has 0 spiro atoms. The minimum absolute atomic E-state index is 0.0653. The SMILES string of the molecule is BC1O[C@@H]2CCC[C@H]2NC(=O)c2cnn3c(NC)cc(nc23)Nc2cc1cc1c2nnn1C. The van der Waals surface area contributed by atoms with Gasteiger partial charge in [-0.1, -0.05) is 5.21 Å². The van der Waals surface area contributed by atoms with Crippen LogP contribution in [0.3, 0.4) is 0 Å². The van der Waals surface area contributed by atoms with E-state index in [4.69, 9.17) is 9.72 Å². The smallest absolute Gasteiger partial charge is 0.257 e. The second kappa shape index (κ2) is 7.44. The molecule has 1 saturated carbocycles. The third-order valence-electron chi connectivity index (χ3n) is 6.59. The highest BCUT2D eigenvalue weighted by molar-refractivity contribution is 6.12. The maximum absolute atomic E-state index is 13.2. The van der Waals surface area contributed by atoms with Crippen LogP contribution in [-0.2, 0) is 11.8 Å². The van der Waals surface area contributed by atoms with Crippen molar-refractivity contribution >= 4 is 47.8 Å². The van der Waals surface area contributed by atoms with Crippen molar-refractivity contribution in [3.8, 4) is 0 Å². The Hall–Kier alpha value is -3.67. The maximum Gasteiger partial charge on any atom is 0.257 e. The lowest BCUT2D eigenvalue weighted by Crippen LogP contribution is -2.41. The Kier molecular flexibility index (Phi) is 4.51. The largest absolute Gasteiger partial charge is 0.377 e. The standard InChI is InChI=1S/C21H24BN9O2/c1-23-17-8-16-25-13-6-10(7-14-18(13)28-29-30(14)2)19(22)33-15-5-3-4-12(15)26-21(32)11-9-24-31(17)20(11)27-16/h6-9,12,15,19,23H,3-5,22H2,1-2H3,(H,25,27)(H,26,32)/t12-,15-,19?/m1/s1. The first-order valence-electron chi connectivity index (χ1n) is 11.1. The van der Waals surface area contributed by atoms with E-state index in [0.717, 1.165) is 41.5 Å². The zero-order valence-corrected chi connectivity index (χ0v) is 18.7. The van der Waals surface area contributed by atoms with Gasteiger partial charge in [0.2, 0.25) is 0 Å². The quantitative estimate of drug-likeness (QED) is 0.373. The molecule has 11 nitrogen and oxygen atoms in total. The Morgan fingerprint density at radius 1 is 1.27 bits per heavy atom. The summed E-state index contributed by atoms with van der Waals surface area (Å²) in [5, 5.41) is 22.6. The Balaban J connectivity index is 1.58. The van der Waals surface area contributed by atoms with Crippen LogP contribution in [0.4, 0.5) is 17.3 Å². The molecule has 168 valence electrons. The van der Waals surface area contributed by atoms with Gasteiger partial charge in [-0.05, 0) is 37.0 Å². The second-order valence-electron chi connectivity index (χ2n) is 8.67. The molecular weight excluding hydrogens is 421 g/mol. The van der Waals surface area contributed by atoms with Gasteiger partial charge in [-0.3, -0.25) is 4.79 Å². The highest BCUT2D eigenvalue weighted by Crippen LogP contribution is 2.33. The second-order valence-corrected chi connectivity index (χ2v) is 8.67. The molecular formula is C21H24BN9O2. The number of anilines is 3. The van der Waals surface area contributed by atoms with Crippen molar-refractivity contribution < 1.29 is 9.53 Å². The summed E-state index contributed by atoms with van der Waals surface area (Å²) in [7, 11) is 5.72. The fourth-order valence-electron chi connectivity index (χ4n) is 4.83. The summed E-state index contributed by atoms with van der Waals surface area (Å²) in [6, 6.07) is 5.70. The number of aryl methyl sites for hydroxylation is 1. The number of rotatable bonds is 1. The Bertz CT molecular complexity index is 1400. The van der Waals surface area contributed by atoms with Crippen molar-refractivity contribution in [3.63, 3.8) is 0 Å². The van der Waals surface area contributed by atoms with Gasteiger partial charge in [-0.15, -0.1) is 5.10 Å². The van der Waals surface area contributed by atoms with Crippen LogP contribution in [0, 0.1) is 0 Å². The van der Waals surface area contributed by atoms with Gasteiger partial charge in [0.25, 0.3) is 5.91 Å². The van der Waals surface area contributed by atoms with E-state index in [2.05, 4.69) is 37.4 Å². The summed E-state index contributed by atoms with van der Waals surface area (Å²) in [6.07, 6.45) is 4.27. The topological polar surface area (TPSA) is 123 Å². The van der Waals surface area contributed by atoms with Gasteiger partial charge >= 0.3 is 0 Å². The van der Waals surface area contributed by atoms with Crippen molar-refractivity contribution in [3.05, 3.63) is 35.5 Å². The molecule has 4 bridgehead atoms. The number of nitrogens with one attached hydrogen (secondary N) is 3. The molecule has 1 fully saturated rings. The van der Waals surface area contributed by atoms with Gasteiger partial charge in [0, 0.05) is 26.2 Å². The Morgan fingerprint density at radius 2 is 2.15 bits per heavy atom. The number of carbonyl (C=O) groups excluding carboxylic acids is 1. The molecule has 2 aliphatic rings. The van der Waals surface area contributed by atoms with Crippen LogP contribution >= 0.6 is 0 Å². The molecule has 1 unspecified atom stereocenters. The van der Waals surface area contributed by atoms with E-state index in [0.29, 0.717) is 22.8 Å². The van der Waals surface area contributed by atoms with Crippen LogP contribution in [0.2, 0.25) is 0 Å². The van der Waals surface area contributed by atoms with Gasteiger partial charge in [-0.25, -0.2) is 9.67 Å². The van der Waals surface area contributed by atoms with E-state index >= 15 is 0 Å². The molecule has 0 radical (unpaired) electrons. The lowest BCUT2D eigenvalue weighted by Gasteiger charge is -2.26. The average Bonchev–Trinajstić information content (AvgIpc) is 3.52. The fraction of sp³-hybridized carbons (Fsp3) is 0.381. The summed E-state index contributed by atoms with van der Waals surface area (Å²) in [4.78, 5) is 17.9. The van der Waals surface area contributed by atoms with Gasteiger partial charge in [0.15, 0.2) is 5.65 Å². The number of fused-ring (bicyclic) bond motifs is 6. The maximum atomic E-state index is 13.2. The number of ether oxygens (including phenoxy) is 1. The summed E-state index contributed by atoms with van der Waals surface area (Å²) in [6.45, 7) is 0. The van der Waals surface area contributed by atoms with Gasteiger partial charge < -0.3 is 20.7 Å². The number of benzene rings is 1. The molecule has 1 aromatic carbocycles. The van der Waals surface area contributed by atoms with Crippen molar-refractivity contribution in [1.82, 2.24) is 34.9 Å². The normalized spacial score (nSPS) is 22.7. The van der Waals surface area contributed by atoms with Crippen molar-refractivity contribution in [2.24, 2.45) is 7.05 Å². The van der Waals surface area contributed by atoms with E-state index < -0.39 is 0 Å². The molecule has 1 amide bonds. The van der Waals surface area contributed by atoms with E-state index in [9.17, 15) is 4.79 Å². The van der Waals surface area contributed by atoms with Gasteiger partial charge in [0.1, 0.15) is 30.6 Å². The van der Waals surface area contributed by atoms with Crippen molar-refractivity contribution in [1.29, 1.82) is 0 Å². The van der Waals surface area contributed by atoms with Crippen LogP contribution in [0.15, 0.2) is 24.4 Å². The first kappa shape index (κ1) is 20.0. The monoisotopic (exact) mass is 445 g/mol. The highest BCUT2D eigenvalue weighted by Gasteiger charge is 2.32. The van der Waals surface area contributed by atoms with E-state index in [-0.39, 0.29) is 24.1 Å². The summed E-state index contributed by atoms with van der Waals surface area (Å²) in [5.41, 5.74) is 4.30. The number of hydrogen-bond donors (Lipinski definition) is 3. The van der Waals surface area contributed by atoms with Crippen molar-refractivity contribution in [2.45, 2.75) is 37.4 Å². The lowest BCUT2D eigenvalue weighted by atomic mass is 9.90. The summed E-state index contributed by atoms with van der Waals surface area (Å²) < 4.78 is 9.86. The van der Waals surface area contributed by atoms with E-state index in [1.165, 1.54) is 0 Å². The first-order valence-corrected chi connectivity index (χ1v) is 11.1. The average molecular weight is 445 g/mol. The van der Waals surface area contributed by atoms with Crippen LogP contribution in [0.5, 0.6) is 0 Å². The van der Waals surface area contributed by atoms with Gasteiger partial charge in [-0.2, -0.15) is 9.61 Å². The lowest BCUT2D eigenvalue weighted by molar-refractivity contribution is 0.0179. The predicted molar refractivity (Wildman–Crippen MR) is 126 cm³/mol. The minimum atomic E-state index is -0.197. The van der Waals surface area contributed by atoms with Gasteiger partial charge in [0.05, 0.1) is 29.5 Å². The zero-order valence-electron chi connectivity index (χ0n) is 18.7. The number of carbonyl (C=O) groups is 1. The fourth-order valence-corrected chi connectivity index (χ4v) is 4.83. The molecule has 12 heteroatoms. The van der Waals surface area contributed by atoms with E-state index in [1.54, 1.807) is 15.4 Å². The highest BCUT2D eigenvalue weighted by atomic mass is 16.5. The van der Waals surface area contributed by atoms with Crippen LogP contribution in [0.25, 0.3) is 16.7 Å². The minimum Gasteiger partial charge on any atom is -0.377 e. The summed E-state index contributed by atoms with van der Waals surface area (Å²) >= 11 is 0. The third kappa shape index (κ3) is 3.20. The molecule has 6 rings (SSSR count). The Labute approximate surface area is 190 Å². The Morgan fingerprint density at radius 3 is 3.00 bits per heavy atom. The number of aromatic nitrogens is 6. The molecule has 3 N–H and O–H groups in total. The molecule has 1 aliphatic carbocycles. The molecule has 3 atom stereocenters. The third-order valence-corrected chi connectivity index (χ3v) is 6.59. The number of amides is 1. The molecule has 4 heterocycles. The van der Waals surface area contributed by atoms with Crippen LogP contribution < -0.4 is 16.0 Å². The number of nitrogens with zero attached hydrogens (tertiary/aromatic N) is 6. The molecule has 3 aromatic heterocycles. The molecule has 33 heavy (non-hydrogen) atoms. The van der Waals surface area contributed by atoms with Crippen LogP contribution in [0.1, 0.15) is 41.2 Å².